The van der Waals surface area contributed by atoms with Crippen LogP contribution in [0.4, 0.5) is 5.69 Å². The van der Waals surface area contributed by atoms with Crippen LogP contribution in [0, 0.1) is 6.92 Å². The quantitative estimate of drug-likeness (QED) is 0.689. The van der Waals surface area contributed by atoms with Gasteiger partial charge < -0.3 is 10.1 Å². The van der Waals surface area contributed by atoms with Crippen molar-refractivity contribution >= 4 is 21.6 Å². The number of carbonyl (C=O) groups excluding carboxylic acids is 1. The SMILES string of the molecule is CCC1(CC)C[C@@H](NC(=O)[C@@H](C)N(c2cccc(C)c2)S(C)(=O)=O)c2ccccc2O1. The molecule has 0 spiro atoms. The third kappa shape index (κ3) is 4.87. The van der Waals surface area contributed by atoms with Crippen molar-refractivity contribution in [3.63, 3.8) is 0 Å². The number of anilines is 1. The number of hydrogen-bond acceptors (Lipinski definition) is 4. The van der Waals surface area contributed by atoms with Gasteiger partial charge >= 0.3 is 0 Å². The number of carbonyl (C=O) groups is 1. The Kier molecular flexibility index (Phi) is 6.65. The predicted molar refractivity (Wildman–Crippen MR) is 124 cm³/mol. The van der Waals surface area contributed by atoms with Gasteiger partial charge in [-0.3, -0.25) is 9.10 Å². The summed E-state index contributed by atoms with van der Waals surface area (Å²) in [5.74, 6) is 0.434. The van der Waals surface area contributed by atoms with E-state index in [1.54, 1.807) is 25.1 Å². The van der Waals surface area contributed by atoms with Crippen LogP contribution in [0.15, 0.2) is 48.5 Å². The van der Waals surface area contributed by atoms with E-state index in [1.165, 1.54) is 4.31 Å². The average Bonchev–Trinajstić information content (AvgIpc) is 2.72. The van der Waals surface area contributed by atoms with E-state index in [-0.39, 0.29) is 17.6 Å². The summed E-state index contributed by atoms with van der Waals surface area (Å²) in [4.78, 5) is 13.3. The minimum atomic E-state index is -3.66. The highest BCUT2D eigenvalue weighted by atomic mass is 32.2. The van der Waals surface area contributed by atoms with E-state index in [2.05, 4.69) is 19.2 Å². The summed E-state index contributed by atoms with van der Waals surface area (Å²) in [5, 5.41) is 3.11. The molecule has 1 amide bonds. The molecule has 0 saturated heterocycles. The van der Waals surface area contributed by atoms with Gasteiger partial charge in [0.2, 0.25) is 15.9 Å². The Bertz CT molecular complexity index is 1050. The molecule has 31 heavy (non-hydrogen) atoms. The molecule has 1 aliphatic rings. The van der Waals surface area contributed by atoms with Crippen molar-refractivity contribution in [1.29, 1.82) is 0 Å². The number of hydrogen-bond donors (Lipinski definition) is 1. The second-order valence-corrected chi connectivity index (χ2v) is 10.2. The molecule has 6 nitrogen and oxygen atoms in total. The second-order valence-electron chi connectivity index (χ2n) is 8.37. The molecular weight excluding hydrogens is 412 g/mol. The molecule has 0 fully saturated rings. The Hall–Kier alpha value is -2.54. The van der Waals surface area contributed by atoms with Crippen LogP contribution in [0.5, 0.6) is 5.75 Å². The van der Waals surface area contributed by atoms with Gasteiger partial charge in [0.05, 0.1) is 18.0 Å². The van der Waals surface area contributed by atoms with E-state index >= 15 is 0 Å². The van der Waals surface area contributed by atoms with Crippen LogP contribution in [-0.4, -0.2) is 32.2 Å². The molecule has 0 saturated carbocycles. The normalized spacial score (nSPS) is 18.4. The molecular formula is C24H32N2O4S. The van der Waals surface area contributed by atoms with E-state index in [0.29, 0.717) is 12.1 Å². The summed E-state index contributed by atoms with van der Waals surface area (Å²) in [6.45, 7) is 7.68. The minimum absolute atomic E-state index is 0.251. The van der Waals surface area contributed by atoms with Gasteiger partial charge in [-0.1, -0.05) is 44.2 Å². The first-order valence-electron chi connectivity index (χ1n) is 10.7. The summed E-state index contributed by atoms with van der Waals surface area (Å²) in [5.41, 5.74) is 1.96. The Morgan fingerprint density at radius 3 is 2.48 bits per heavy atom. The van der Waals surface area contributed by atoms with Crippen LogP contribution in [0.25, 0.3) is 0 Å². The highest BCUT2D eigenvalue weighted by Gasteiger charge is 2.40. The molecule has 2 atom stereocenters. The maximum Gasteiger partial charge on any atom is 0.244 e. The monoisotopic (exact) mass is 444 g/mol. The molecule has 1 aliphatic heterocycles. The first-order chi connectivity index (χ1) is 14.6. The first kappa shape index (κ1) is 23.1. The van der Waals surface area contributed by atoms with Gasteiger partial charge in [0, 0.05) is 12.0 Å². The standard InChI is InChI=1S/C24H32N2O4S/c1-6-24(7-2)16-21(20-13-8-9-14-22(20)30-24)25-23(27)18(4)26(31(5,28)29)19-12-10-11-17(3)15-19/h8-15,18,21H,6-7,16H2,1-5H3,(H,25,27)/t18-,21-/m1/s1. The van der Waals surface area contributed by atoms with E-state index in [1.807, 2.05) is 37.3 Å². The molecule has 1 N–H and O–H groups in total. The lowest BCUT2D eigenvalue weighted by atomic mass is 9.83. The van der Waals surface area contributed by atoms with E-state index in [0.717, 1.165) is 36.0 Å². The molecule has 2 aromatic rings. The van der Waals surface area contributed by atoms with Crippen LogP contribution in [0.1, 0.15) is 57.2 Å². The molecule has 2 aromatic carbocycles. The number of nitrogens with one attached hydrogen (secondary N) is 1. The third-order valence-electron chi connectivity index (χ3n) is 6.15. The molecule has 168 valence electrons. The third-order valence-corrected chi connectivity index (χ3v) is 7.39. The van der Waals surface area contributed by atoms with E-state index in [4.69, 9.17) is 4.74 Å². The molecule has 3 rings (SSSR count). The number of ether oxygens (including phenoxy) is 1. The predicted octanol–water partition coefficient (Wildman–Crippen LogP) is 4.35. The molecule has 0 aromatic heterocycles. The zero-order valence-corrected chi connectivity index (χ0v) is 19.7. The van der Waals surface area contributed by atoms with Crippen molar-refractivity contribution in [1.82, 2.24) is 5.32 Å². The smallest absolute Gasteiger partial charge is 0.244 e. The molecule has 0 unspecified atom stereocenters. The Balaban J connectivity index is 1.91. The number of amides is 1. The van der Waals surface area contributed by atoms with Crippen LogP contribution < -0.4 is 14.4 Å². The lowest BCUT2D eigenvalue weighted by Gasteiger charge is -2.42. The Morgan fingerprint density at radius 1 is 1.19 bits per heavy atom. The van der Waals surface area contributed by atoms with Gasteiger partial charge in [-0.25, -0.2) is 8.42 Å². The maximum atomic E-state index is 13.3. The van der Waals surface area contributed by atoms with Crippen molar-refractivity contribution in [3.05, 3.63) is 59.7 Å². The van der Waals surface area contributed by atoms with Crippen molar-refractivity contribution in [2.24, 2.45) is 0 Å². The summed E-state index contributed by atoms with van der Waals surface area (Å²) < 4.78 is 32.7. The Labute approximate surface area is 185 Å². The van der Waals surface area contributed by atoms with Gasteiger partial charge in [0.15, 0.2) is 0 Å². The number of fused-ring (bicyclic) bond motifs is 1. The van der Waals surface area contributed by atoms with Gasteiger partial charge in [-0.05, 0) is 50.5 Å². The van der Waals surface area contributed by atoms with E-state index < -0.39 is 16.1 Å². The molecule has 0 aliphatic carbocycles. The summed E-state index contributed by atoms with van der Waals surface area (Å²) in [6, 6.07) is 13.7. The highest BCUT2D eigenvalue weighted by molar-refractivity contribution is 7.92. The van der Waals surface area contributed by atoms with Gasteiger partial charge in [0.25, 0.3) is 0 Å². The van der Waals surface area contributed by atoms with E-state index in [9.17, 15) is 13.2 Å². The average molecular weight is 445 g/mol. The summed E-state index contributed by atoms with van der Waals surface area (Å²) in [7, 11) is -3.66. The van der Waals surface area contributed by atoms with Crippen molar-refractivity contribution in [3.8, 4) is 5.75 Å². The number of benzene rings is 2. The molecule has 0 radical (unpaired) electrons. The van der Waals surface area contributed by atoms with Crippen LogP contribution in [0.3, 0.4) is 0 Å². The molecule has 1 heterocycles. The summed E-state index contributed by atoms with van der Waals surface area (Å²) >= 11 is 0. The second kappa shape index (κ2) is 8.91. The number of rotatable bonds is 7. The van der Waals surface area contributed by atoms with Gasteiger partial charge in [-0.15, -0.1) is 0 Å². The van der Waals surface area contributed by atoms with Crippen molar-refractivity contribution < 1.29 is 17.9 Å². The number of sulfonamides is 1. The van der Waals surface area contributed by atoms with Crippen molar-refractivity contribution in [2.45, 2.75) is 64.6 Å². The largest absolute Gasteiger partial charge is 0.487 e. The fourth-order valence-corrected chi connectivity index (χ4v) is 5.46. The Morgan fingerprint density at radius 2 is 1.87 bits per heavy atom. The van der Waals surface area contributed by atoms with Crippen molar-refractivity contribution in [2.75, 3.05) is 10.6 Å². The number of para-hydroxylation sites is 1. The minimum Gasteiger partial charge on any atom is -0.487 e. The fraction of sp³-hybridized carbons (Fsp3) is 0.458. The van der Waals surface area contributed by atoms with Crippen LogP contribution in [-0.2, 0) is 14.8 Å². The van der Waals surface area contributed by atoms with Gasteiger partial charge in [-0.2, -0.15) is 0 Å². The molecule has 7 heteroatoms. The van der Waals surface area contributed by atoms with Gasteiger partial charge in [0.1, 0.15) is 17.4 Å². The zero-order chi connectivity index (χ0) is 22.8. The first-order valence-corrected chi connectivity index (χ1v) is 12.6. The zero-order valence-electron chi connectivity index (χ0n) is 18.9. The number of nitrogens with zero attached hydrogens (tertiary/aromatic N) is 1. The number of aryl methyl sites for hydroxylation is 1. The summed E-state index contributed by atoms with van der Waals surface area (Å²) in [6.07, 6.45) is 3.40. The van der Waals surface area contributed by atoms with Crippen LogP contribution in [0.2, 0.25) is 0 Å². The molecule has 0 bridgehead atoms. The fourth-order valence-electron chi connectivity index (χ4n) is 4.30. The lowest BCUT2D eigenvalue weighted by molar-refractivity contribution is -0.123. The topological polar surface area (TPSA) is 75.7 Å². The maximum absolute atomic E-state index is 13.3. The van der Waals surface area contributed by atoms with Crippen LogP contribution >= 0.6 is 0 Å². The lowest BCUT2D eigenvalue weighted by Crippen LogP contribution is -2.51. The highest BCUT2D eigenvalue weighted by Crippen LogP contribution is 2.42.